The number of benzene rings is 3. The van der Waals surface area contributed by atoms with E-state index in [2.05, 4.69) is 15.8 Å². The molecule has 4 aromatic rings. The maximum absolute atomic E-state index is 13.3. The predicted octanol–water partition coefficient (Wildman–Crippen LogP) is 6.66. The Hall–Kier alpha value is -4.96. The van der Waals surface area contributed by atoms with E-state index in [9.17, 15) is 19.7 Å². The van der Waals surface area contributed by atoms with Crippen LogP contribution in [0.15, 0.2) is 82.3 Å². The number of hydrazone groups is 1. The van der Waals surface area contributed by atoms with Crippen LogP contribution in [0.5, 0.6) is 11.5 Å². The molecule has 1 aliphatic rings. The highest BCUT2D eigenvalue weighted by atomic mass is 35.5. The first-order valence-electron chi connectivity index (χ1n) is 12.4. The summed E-state index contributed by atoms with van der Waals surface area (Å²) in [6.07, 6.45) is 1.90. The number of amides is 2. The second-order valence-corrected chi connectivity index (χ2v) is 9.46. The predicted molar refractivity (Wildman–Crippen MR) is 149 cm³/mol. The van der Waals surface area contributed by atoms with Crippen LogP contribution in [0.1, 0.15) is 50.6 Å². The number of hydrogen-bond donors (Lipinski definition) is 2. The summed E-state index contributed by atoms with van der Waals surface area (Å²) in [7, 11) is 0. The van der Waals surface area contributed by atoms with Crippen molar-refractivity contribution in [3.8, 4) is 11.5 Å². The van der Waals surface area contributed by atoms with Gasteiger partial charge in [-0.1, -0.05) is 29.8 Å². The van der Waals surface area contributed by atoms with Gasteiger partial charge in [-0.2, -0.15) is 5.10 Å². The van der Waals surface area contributed by atoms with Gasteiger partial charge in [-0.25, -0.2) is 5.43 Å². The van der Waals surface area contributed by atoms with E-state index in [0.717, 1.165) is 6.42 Å². The molecule has 0 saturated heterocycles. The number of nitrogens with zero attached hydrogens (tertiary/aromatic N) is 2. The lowest BCUT2D eigenvalue weighted by molar-refractivity contribution is -0.384. The molecular weight excluding hydrogens is 536 g/mol. The lowest BCUT2D eigenvalue weighted by atomic mass is 9.93. The van der Waals surface area contributed by atoms with Crippen molar-refractivity contribution in [2.75, 3.05) is 5.32 Å². The number of anilines is 1. The smallest absolute Gasteiger partial charge is 0.291 e. The number of furan rings is 1. The molecule has 0 bridgehead atoms. The fourth-order valence-corrected chi connectivity index (χ4v) is 4.57. The third-order valence-corrected chi connectivity index (χ3v) is 6.56. The van der Waals surface area contributed by atoms with E-state index in [1.807, 2.05) is 18.2 Å². The molecule has 0 fully saturated rings. The fraction of sp³-hybridized carbons (Fsp3) is 0.138. The number of aryl methyl sites for hydroxylation is 1. The Balaban J connectivity index is 1.36. The zero-order valence-corrected chi connectivity index (χ0v) is 22.0. The molecule has 40 heavy (non-hydrogen) atoms. The van der Waals surface area contributed by atoms with Crippen molar-refractivity contribution in [3.63, 3.8) is 0 Å². The van der Waals surface area contributed by atoms with Gasteiger partial charge in [-0.05, 0) is 62.2 Å². The van der Waals surface area contributed by atoms with E-state index >= 15 is 0 Å². The summed E-state index contributed by atoms with van der Waals surface area (Å²) >= 11 is 6.20. The van der Waals surface area contributed by atoms with E-state index in [0.29, 0.717) is 57.6 Å². The van der Waals surface area contributed by atoms with E-state index in [4.69, 9.17) is 20.8 Å². The number of nitrogens with one attached hydrogen (secondary N) is 2. The second kappa shape index (κ2) is 11.4. The molecule has 3 aromatic carbocycles. The molecule has 5 rings (SSSR count). The summed E-state index contributed by atoms with van der Waals surface area (Å²) in [5.41, 5.74) is 4.83. The third-order valence-electron chi connectivity index (χ3n) is 6.33. The summed E-state index contributed by atoms with van der Waals surface area (Å²) in [6, 6.07) is 19.3. The first-order valence-corrected chi connectivity index (χ1v) is 12.8. The lowest BCUT2D eigenvalue weighted by Crippen LogP contribution is -2.22. The highest BCUT2D eigenvalue weighted by molar-refractivity contribution is 6.31. The number of rotatable bonds is 7. The second-order valence-electron chi connectivity index (χ2n) is 9.02. The zero-order valence-electron chi connectivity index (χ0n) is 21.3. The van der Waals surface area contributed by atoms with E-state index in [1.165, 1.54) is 24.3 Å². The Labute approximate surface area is 233 Å². The van der Waals surface area contributed by atoms with Gasteiger partial charge in [-0.15, -0.1) is 0 Å². The standard InChI is InChI=1S/C29H23ClN4O6/c1-17-26-22(32-33-28(35)18-10-13-20(14-11-18)34(37)38)8-5-9-25(26)40-27(17)29(36)31-23-16-19(30)12-15-24(23)39-21-6-3-2-4-7-21/h2-4,6-7,10-16H,5,8-9H2,1H3,(H,31,36)(H,33,35)/b32-22+. The number of carbonyl (C=O) groups excluding carboxylic acids is 2. The molecule has 202 valence electrons. The van der Waals surface area contributed by atoms with Crippen molar-refractivity contribution in [1.29, 1.82) is 0 Å². The Bertz CT molecular complexity index is 1630. The van der Waals surface area contributed by atoms with Crippen LogP contribution in [0.25, 0.3) is 0 Å². The van der Waals surface area contributed by atoms with Crippen LogP contribution in [-0.2, 0) is 6.42 Å². The molecule has 0 radical (unpaired) electrons. The maximum atomic E-state index is 13.3. The monoisotopic (exact) mass is 558 g/mol. The van der Waals surface area contributed by atoms with E-state index < -0.39 is 16.7 Å². The number of hydrogen-bond acceptors (Lipinski definition) is 7. The van der Waals surface area contributed by atoms with Crippen molar-refractivity contribution in [1.82, 2.24) is 5.43 Å². The van der Waals surface area contributed by atoms with Gasteiger partial charge in [0.1, 0.15) is 11.5 Å². The topological polar surface area (TPSA) is 136 Å². The quantitative estimate of drug-likeness (QED) is 0.192. The lowest BCUT2D eigenvalue weighted by Gasteiger charge is -2.13. The molecule has 0 spiro atoms. The van der Waals surface area contributed by atoms with Crippen molar-refractivity contribution in [3.05, 3.63) is 116 Å². The summed E-state index contributed by atoms with van der Waals surface area (Å²) in [4.78, 5) is 36.2. The molecule has 2 amide bonds. The fourth-order valence-electron chi connectivity index (χ4n) is 4.40. The number of para-hydroxylation sites is 1. The molecule has 0 unspecified atom stereocenters. The van der Waals surface area contributed by atoms with Gasteiger partial charge in [0.2, 0.25) is 0 Å². The number of halogens is 1. The Morgan fingerprint density at radius 2 is 1.77 bits per heavy atom. The van der Waals surface area contributed by atoms with Crippen LogP contribution < -0.4 is 15.5 Å². The first-order chi connectivity index (χ1) is 19.3. The van der Waals surface area contributed by atoms with Crippen LogP contribution in [0.4, 0.5) is 11.4 Å². The third kappa shape index (κ3) is 5.71. The number of carbonyl (C=O) groups is 2. The average molecular weight is 559 g/mol. The van der Waals surface area contributed by atoms with Crippen LogP contribution >= 0.6 is 11.6 Å². The molecule has 0 atom stereocenters. The minimum Gasteiger partial charge on any atom is -0.455 e. The van der Waals surface area contributed by atoms with Gasteiger partial charge in [0.15, 0.2) is 11.5 Å². The summed E-state index contributed by atoms with van der Waals surface area (Å²) in [5, 5.41) is 18.4. The van der Waals surface area contributed by atoms with Gasteiger partial charge in [0.25, 0.3) is 17.5 Å². The minimum atomic E-state index is -0.537. The number of fused-ring (bicyclic) bond motifs is 1. The van der Waals surface area contributed by atoms with Gasteiger partial charge >= 0.3 is 0 Å². The number of ether oxygens (including phenoxy) is 1. The van der Waals surface area contributed by atoms with Crippen molar-refractivity contribution in [2.24, 2.45) is 5.10 Å². The van der Waals surface area contributed by atoms with E-state index in [-0.39, 0.29) is 17.0 Å². The van der Waals surface area contributed by atoms with Crippen molar-refractivity contribution >= 4 is 40.5 Å². The summed E-state index contributed by atoms with van der Waals surface area (Å²) in [5.74, 6) is 0.730. The van der Waals surface area contributed by atoms with Gasteiger partial charge in [0, 0.05) is 40.3 Å². The zero-order chi connectivity index (χ0) is 28.2. The highest BCUT2D eigenvalue weighted by Gasteiger charge is 2.28. The first kappa shape index (κ1) is 26.6. The minimum absolute atomic E-state index is 0.115. The normalized spacial score (nSPS) is 13.4. The van der Waals surface area contributed by atoms with Crippen LogP contribution in [0.2, 0.25) is 5.02 Å². The van der Waals surface area contributed by atoms with Crippen molar-refractivity contribution in [2.45, 2.75) is 26.2 Å². The Morgan fingerprint density at radius 3 is 2.50 bits per heavy atom. The van der Waals surface area contributed by atoms with Crippen LogP contribution in [0.3, 0.4) is 0 Å². The van der Waals surface area contributed by atoms with Crippen molar-refractivity contribution < 1.29 is 23.7 Å². The number of nitro groups is 1. The Morgan fingerprint density at radius 1 is 1.02 bits per heavy atom. The molecule has 0 saturated carbocycles. The summed E-state index contributed by atoms with van der Waals surface area (Å²) < 4.78 is 11.9. The molecular formula is C29H23ClN4O6. The molecule has 10 nitrogen and oxygen atoms in total. The van der Waals surface area contributed by atoms with Crippen LogP contribution in [-0.4, -0.2) is 22.4 Å². The molecule has 2 N–H and O–H groups in total. The number of nitro benzene ring substituents is 1. The summed E-state index contributed by atoms with van der Waals surface area (Å²) in [6.45, 7) is 1.76. The molecule has 0 aliphatic heterocycles. The van der Waals surface area contributed by atoms with Gasteiger partial charge in [0.05, 0.1) is 16.3 Å². The van der Waals surface area contributed by atoms with E-state index in [1.54, 1.807) is 37.3 Å². The van der Waals surface area contributed by atoms with Crippen LogP contribution in [0, 0.1) is 17.0 Å². The largest absolute Gasteiger partial charge is 0.455 e. The molecule has 11 heteroatoms. The van der Waals surface area contributed by atoms with Gasteiger partial charge in [-0.3, -0.25) is 19.7 Å². The Kier molecular flexibility index (Phi) is 7.61. The van der Waals surface area contributed by atoms with Gasteiger partial charge < -0.3 is 14.5 Å². The molecule has 1 aliphatic carbocycles. The molecule has 1 heterocycles. The SMILES string of the molecule is Cc1c(C(=O)Nc2cc(Cl)ccc2Oc2ccccc2)oc2c1/C(=N/NC(=O)c1ccc([N+](=O)[O-])cc1)CCC2. The highest BCUT2D eigenvalue weighted by Crippen LogP contribution is 2.34. The number of non-ortho nitro benzene ring substituents is 1. The average Bonchev–Trinajstić information content (AvgIpc) is 3.30. The molecule has 1 aromatic heterocycles. The maximum Gasteiger partial charge on any atom is 0.291 e.